The Kier molecular flexibility index (Phi) is 6.31. The summed E-state index contributed by atoms with van der Waals surface area (Å²) < 4.78 is 15.9. The number of hydrogen-bond donors (Lipinski definition) is 1. The van der Waals surface area contributed by atoms with Crippen molar-refractivity contribution < 1.29 is 19.0 Å². The number of carbonyl (C=O) groups is 1. The second-order valence-electron chi connectivity index (χ2n) is 5.11. The van der Waals surface area contributed by atoms with Gasteiger partial charge in [-0.25, -0.2) is 0 Å². The molecule has 0 atom stereocenters. The quantitative estimate of drug-likeness (QED) is 0.455. The van der Waals surface area contributed by atoms with E-state index in [1.54, 1.807) is 56.7 Å². The maximum Gasteiger partial charge on any atom is 0.204 e. The number of ketones is 1. The molecule has 2 N–H and O–H groups in total. The van der Waals surface area contributed by atoms with E-state index < -0.39 is 0 Å². The zero-order valence-corrected chi connectivity index (χ0v) is 15.1. The molecule has 0 saturated carbocycles. The molecule has 2 aromatic carbocycles. The predicted octanol–water partition coefficient (Wildman–Crippen LogP) is 4.15. The van der Waals surface area contributed by atoms with E-state index >= 15 is 0 Å². The fourth-order valence-electron chi connectivity index (χ4n) is 2.25. The Balaban J connectivity index is 2.37. The lowest BCUT2D eigenvalue weighted by Gasteiger charge is -2.09. The van der Waals surface area contributed by atoms with Crippen LogP contribution in [0.2, 0.25) is 0 Å². The van der Waals surface area contributed by atoms with Crippen LogP contribution in [0.15, 0.2) is 41.4 Å². The van der Waals surface area contributed by atoms with E-state index in [1.807, 2.05) is 6.92 Å². The molecule has 25 heavy (non-hydrogen) atoms. The average molecular weight is 362 g/mol. The summed E-state index contributed by atoms with van der Waals surface area (Å²) in [5, 5.41) is 0.0405. The van der Waals surface area contributed by atoms with Crippen molar-refractivity contribution >= 4 is 29.1 Å². The number of allylic oxidation sites excluding steroid dienone is 1. The number of nitrogens with two attached hydrogens (primary N) is 1. The molecule has 0 unspecified atom stereocenters. The third-order valence-corrected chi connectivity index (χ3v) is 3.79. The van der Waals surface area contributed by atoms with Crippen LogP contribution >= 0.6 is 11.6 Å². The second-order valence-corrected chi connectivity index (χ2v) is 5.52. The van der Waals surface area contributed by atoms with Gasteiger partial charge in [-0.1, -0.05) is 11.6 Å². The number of halogens is 1. The van der Waals surface area contributed by atoms with Gasteiger partial charge in [-0.3, -0.25) is 4.79 Å². The van der Waals surface area contributed by atoms with Gasteiger partial charge in [-0.2, -0.15) is 0 Å². The molecule has 6 heteroatoms. The smallest absolute Gasteiger partial charge is 0.204 e. The number of methoxy groups -OCH3 is 2. The number of carbonyl (C=O) groups excluding carboxylic acids is 1. The average Bonchev–Trinajstić information content (AvgIpc) is 2.63. The van der Waals surface area contributed by atoms with Crippen LogP contribution < -0.4 is 19.9 Å². The van der Waals surface area contributed by atoms with Gasteiger partial charge < -0.3 is 19.9 Å². The maximum absolute atomic E-state index is 12.6. The molecule has 0 amide bonds. The Bertz CT molecular complexity index is 802. The van der Waals surface area contributed by atoms with E-state index in [1.165, 1.54) is 0 Å². The van der Waals surface area contributed by atoms with E-state index in [4.69, 9.17) is 31.5 Å². The van der Waals surface area contributed by atoms with Crippen molar-refractivity contribution in [3.63, 3.8) is 0 Å². The molecule has 0 heterocycles. The van der Waals surface area contributed by atoms with Crippen molar-refractivity contribution in [1.82, 2.24) is 0 Å². The van der Waals surface area contributed by atoms with Crippen LogP contribution in [0, 0.1) is 0 Å². The maximum atomic E-state index is 12.6. The molecule has 0 fully saturated rings. The van der Waals surface area contributed by atoms with Crippen LogP contribution in [0.1, 0.15) is 22.8 Å². The zero-order chi connectivity index (χ0) is 18.4. The lowest BCUT2D eigenvalue weighted by molar-refractivity contribution is 0.104. The van der Waals surface area contributed by atoms with Gasteiger partial charge in [0.05, 0.1) is 31.5 Å². The lowest BCUT2D eigenvalue weighted by Crippen LogP contribution is -2.03. The van der Waals surface area contributed by atoms with Crippen LogP contribution in [0.25, 0.3) is 6.08 Å². The normalized spacial score (nSPS) is 11.1. The van der Waals surface area contributed by atoms with E-state index in [9.17, 15) is 4.79 Å². The van der Waals surface area contributed by atoms with Crippen molar-refractivity contribution in [2.24, 2.45) is 0 Å². The summed E-state index contributed by atoms with van der Waals surface area (Å²) >= 11 is 6.24. The van der Waals surface area contributed by atoms with Crippen LogP contribution in [0.3, 0.4) is 0 Å². The van der Waals surface area contributed by atoms with Gasteiger partial charge in [0.25, 0.3) is 0 Å². The van der Waals surface area contributed by atoms with E-state index in [2.05, 4.69) is 0 Å². The minimum absolute atomic E-state index is 0.0405. The lowest BCUT2D eigenvalue weighted by atomic mass is 10.1. The van der Waals surface area contributed by atoms with Crippen LogP contribution in [-0.2, 0) is 0 Å². The number of Topliss-reactive ketones (excluding diaryl/α,β-unsaturated/α-hetero) is 1. The van der Waals surface area contributed by atoms with Crippen LogP contribution in [-0.4, -0.2) is 26.6 Å². The highest BCUT2D eigenvalue weighted by atomic mass is 35.5. The van der Waals surface area contributed by atoms with Gasteiger partial charge in [0.2, 0.25) is 5.78 Å². The first kappa shape index (κ1) is 18.7. The SMILES string of the molecule is CCOc1cc(C(=O)/C(Cl)=C\c2cc(OC)ccc2OC)ccc1N. The second kappa shape index (κ2) is 8.44. The summed E-state index contributed by atoms with van der Waals surface area (Å²) in [6.45, 7) is 2.29. The molecular formula is C19H20ClNO4. The standard InChI is InChI=1S/C19H20ClNO4/c1-4-25-18-11-12(5-7-16(18)21)19(22)15(20)10-13-9-14(23-2)6-8-17(13)24-3/h5-11H,4,21H2,1-3H3/b15-10+. The topological polar surface area (TPSA) is 70.8 Å². The largest absolute Gasteiger partial charge is 0.497 e. The van der Waals surface area contributed by atoms with E-state index in [-0.39, 0.29) is 10.8 Å². The van der Waals surface area contributed by atoms with Gasteiger partial charge in [0.1, 0.15) is 17.2 Å². The van der Waals surface area contributed by atoms with Crippen molar-refractivity contribution in [2.45, 2.75) is 6.92 Å². The van der Waals surface area contributed by atoms with E-state index in [0.717, 1.165) is 0 Å². The first-order valence-corrected chi connectivity index (χ1v) is 8.04. The molecule has 0 aromatic heterocycles. The first-order chi connectivity index (χ1) is 12.0. The van der Waals surface area contributed by atoms with Gasteiger partial charge in [-0.05, 0) is 49.4 Å². The van der Waals surface area contributed by atoms with Crippen LogP contribution in [0.4, 0.5) is 5.69 Å². The van der Waals surface area contributed by atoms with Gasteiger partial charge in [-0.15, -0.1) is 0 Å². The van der Waals surface area contributed by atoms with Crippen molar-refractivity contribution in [1.29, 1.82) is 0 Å². The minimum Gasteiger partial charge on any atom is -0.497 e. The molecule has 0 spiro atoms. The Morgan fingerprint density at radius 2 is 1.88 bits per heavy atom. The molecule has 2 rings (SSSR count). The Morgan fingerprint density at radius 3 is 2.52 bits per heavy atom. The Hall–Kier alpha value is -2.66. The summed E-state index contributed by atoms with van der Waals surface area (Å²) in [6, 6.07) is 10.1. The number of nitrogen functional groups attached to an aromatic ring is 1. The minimum atomic E-state index is -0.340. The molecule has 0 radical (unpaired) electrons. The molecule has 0 aliphatic rings. The molecule has 5 nitrogen and oxygen atoms in total. The number of hydrogen-bond acceptors (Lipinski definition) is 5. The summed E-state index contributed by atoms with van der Waals surface area (Å²) in [5.74, 6) is 1.33. The molecular weight excluding hydrogens is 342 g/mol. The van der Waals surface area contributed by atoms with E-state index in [0.29, 0.717) is 40.7 Å². The van der Waals surface area contributed by atoms with Gasteiger partial charge in [0, 0.05) is 11.1 Å². The van der Waals surface area contributed by atoms with Crippen LogP contribution in [0.5, 0.6) is 17.2 Å². The number of rotatable bonds is 7. The number of ether oxygens (including phenoxy) is 3. The highest BCUT2D eigenvalue weighted by Crippen LogP contribution is 2.29. The number of benzene rings is 2. The number of anilines is 1. The Labute approximate surface area is 151 Å². The summed E-state index contributed by atoms with van der Waals surface area (Å²) in [6.07, 6.45) is 1.54. The fraction of sp³-hybridized carbons (Fsp3) is 0.211. The van der Waals surface area contributed by atoms with Crippen molar-refractivity contribution in [3.8, 4) is 17.2 Å². The first-order valence-electron chi connectivity index (χ1n) is 7.66. The summed E-state index contributed by atoms with van der Waals surface area (Å²) in [5.41, 5.74) is 7.33. The Morgan fingerprint density at radius 1 is 1.12 bits per heavy atom. The fourth-order valence-corrected chi connectivity index (χ4v) is 2.47. The molecule has 2 aromatic rings. The highest BCUT2D eigenvalue weighted by Gasteiger charge is 2.14. The third kappa shape index (κ3) is 4.45. The van der Waals surface area contributed by atoms with Crippen molar-refractivity contribution in [3.05, 3.63) is 52.6 Å². The highest BCUT2D eigenvalue weighted by molar-refractivity contribution is 6.47. The zero-order valence-electron chi connectivity index (χ0n) is 14.3. The third-order valence-electron chi connectivity index (χ3n) is 3.51. The summed E-state index contributed by atoms with van der Waals surface area (Å²) in [4.78, 5) is 12.6. The summed E-state index contributed by atoms with van der Waals surface area (Å²) in [7, 11) is 3.11. The molecule has 0 bridgehead atoms. The molecule has 0 aliphatic carbocycles. The monoisotopic (exact) mass is 361 g/mol. The van der Waals surface area contributed by atoms with Gasteiger partial charge >= 0.3 is 0 Å². The van der Waals surface area contributed by atoms with Crippen molar-refractivity contribution in [2.75, 3.05) is 26.6 Å². The molecule has 132 valence electrons. The molecule has 0 saturated heterocycles. The predicted molar refractivity (Wildman–Crippen MR) is 99.7 cm³/mol. The van der Waals surface area contributed by atoms with Gasteiger partial charge in [0.15, 0.2) is 0 Å². The molecule has 0 aliphatic heterocycles.